The van der Waals surface area contributed by atoms with Crippen LogP contribution in [0, 0.1) is 5.92 Å². The van der Waals surface area contributed by atoms with Gasteiger partial charge in [-0.05, 0) is 18.9 Å². The lowest BCUT2D eigenvalue weighted by Gasteiger charge is -2.29. The predicted molar refractivity (Wildman–Crippen MR) is 59.3 cm³/mol. The lowest BCUT2D eigenvalue weighted by atomic mass is 9.98. The quantitative estimate of drug-likeness (QED) is 0.528. The van der Waals surface area contributed by atoms with Gasteiger partial charge in [-0.1, -0.05) is 0 Å². The monoisotopic (exact) mass is 243 g/mol. The summed E-state index contributed by atoms with van der Waals surface area (Å²) in [6, 6.07) is 0. The Kier molecular flexibility index (Phi) is 5.65. The number of hydrogen-bond donors (Lipinski definition) is 2. The summed E-state index contributed by atoms with van der Waals surface area (Å²) in [4.78, 5) is 21.4. The molecule has 0 saturated carbocycles. The summed E-state index contributed by atoms with van der Waals surface area (Å²) in [6.07, 6.45) is 2.96. The topological polar surface area (TPSA) is 84.9 Å². The Labute approximate surface area is 99.6 Å². The summed E-state index contributed by atoms with van der Waals surface area (Å²) in [5.41, 5.74) is 0. The lowest BCUT2D eigenvalue weighted by Crippen LogP contribution is -2.42. The molecule has 0 spiro atoms. The summed E-state index contributed by atoms with van der Waals surface area (Å²) in [5, 5.41) is 11.4. The molecular formula is C11H17NO5. The van der Waals surface area contributed by atoms with Gasteiger partial charge in [-0.25, -0.2) is 9.59 Å². The number of methoxy groups -OCH3 is 1. The van der Waals surface area contributed by atoms with Gasteiger partial charge in [0.25, 0.3) is 0 Å². The molecule has 1 heterocycles. The molecule has 1 aliphatic heterocycles. The molecule has 0 radical (unpaired) electrons. The summed E-state index contributed by atoms with van der Waals surface area (Å²) < 4.78 is 10.1. The zero-order valence-corrected chi connectivity index (χ0v) is 9.72. The Morgan fingerprint density at radius 1 is 1.47 bits per heavy atom. The smallest absolute Gasteiger partial charge is 0.332 e. The molecule has 0 amide bonds. The standard InChI is InChI=1S/C11H17NO5/c1-16-7-8-4-5-12-9(6-8)17-11(15)3-2-10(13)14/h2-3,8-9,12H,4-7H2,1H3,(H,13,14)/b3-2-/t8?,9-/m0/s1. The highest BCUT2D eigenvalue weighted by Gasteiger charge is 2.23. The maximum Gasteiger partial charge on any atom is 0.332 e. The minimum absolute atomic E-state index is 0.363. The van der Waals surface area contributed by atoms with Gasteiger partial charge in [-0.15, -0.1) is 0 Å². The Morgan fingerprint density at radius 3 is 2.88 bits per heavy atom. The molecule has 0 aliphatic carbocycles. The van der Waals surface area contributed by atoms with E-state index in [0.717, 1.165) is 25.1 Å². The molecule has 0 bridgehead atoms. The van der Waals surface area contributed by atoms with Crippen molar-refractivity contribution in [1.29, 1.82) is 0 Å². The van der Waals surface area contributed by atoms with E-state index in [1.165, 1.54) is 0 Å². The first kappa shape index (κ1) is 13.7. The SMILES string of the molecule is COCC1CCN[C@@H](OC(=O)/C=C\C(=O)O)C1. The van der Waals surface area contributed by atoms with Crippen LogP contribution in [0.15, 0.2) is 12.2 Å². The van der Waals surface area contributed by atoms with E-state index < -0.39 is 11.9 Å². The molecule has 96 valence electrons. The number of nitrogens with one attached hydrogen (secondary N) is 1. The first-order chi connectivity index (χ1) is 8.11. The van der Waals surface area contributed by atoms with Crippen LogP contribution in [0.2, 0.25) is 0 Å². The molecule has 6 nitrogen and oxygen atoms in total. The van der Waals surface area contributed by atoms with E-state index >= 15 is 0 Å². The van der Waals surface area contributed by atoms with Crippen LogP contribution in [0.3, 0.4) is 0 Å². The summed E-state index contributed by atoms with van der Waals surface area (Å²) in [7, 11) is 1.64. The summed E-state index contributed by atoms with van der Waals surface area (Å²) in [5.74, 6) is -1.46. The number of esters is 1. The van der Waals surface area contributed by atoms with Crippen molar-refractivity contribution in [3.8, 4) is 0 Å². The number of carbonyl (C=O) groups is 2. The molecule has 1 rings (SSSR count). The van der Waals surface area contributed by atoms with Crippen molar-refractivity contribution in [2.24, 2.45) is 5.92 Å². The van der Waals surface area contributed by atoms with Crippen molar-refractivity contribution in [1.82, 2.24) is 5.32 Å². The van der Waals surface area contributed by atoms with Gasteiger partial charge in [0, 0.05) is 32.3 Å². The molecule has 0 aromatic carbocycles. The Balaban J connectivity index is 2.35. The molecule has 1 fully saturated rings. The van der Waals surface area contributed by atoms with Crippen molar-refractivity contribution >= 4 is 11.9 Å². The molecule has 1 saturated heterocycles. The van der Waals surface area contributed by atoms with Gasteiger partial charge in [0.15, 0.2) is 6.23 Å². The molecular weight excluding hydrogens is 226 g/mol. The third kappa shape index (κ3) is 5.46. The van der Waals surface area contributed by atoms with Crippen LogP contribution in [0.5, 0.6) is 0 Å². The summed E-state index contributed by atoms with van der Waals surface area (Å²) in [6.45, 7) is 1.40. The van der Waals surface area contributed by atoms with Gasteiger partial charge in [-0.3, -0.25) is 5.32 Å². The number of aliphatic carboxylic acids is 1. The molecule has 1 unspecified atom stereocenters. The van der Waals surface area contributed by atoms with Crippen LogP contribution < -0.4 is 5.32 Å². The zero-order chi connectivity index (χ0) is 12.7. The van der Waals surface area contributed by atoms with E-state index in [-0.39, 0.29) is 6.23 Å². The van der Waals surface area contributed by atoms with Crippen molar-refractivity contribution in [2.45, 2.75) is 19.1 Å². The maximum absolute atomic E-state index is 11.2. The first-order valence-corrected chi connectivity index (χ1v) is 5.45. The van der Waals surface area contributed by atoms with Crippen LogP contribution in [0.4, 0.5) is 0 Å². The minimum atomic E-state index is -1.17. The fraction of sp³-hybridized carbons (Fsp3) is 0.636. The van der Waals surface area contributed by atoms with E-state index in [1.54, 1.807) is 7.11 Å². The Morgan fingerprint density at radius 2 is 2.24 bits per heavy atom. The number of rotatable bonds is 5. The number of ether oxygens (including phenoxy) is 2. The van der Waals surface area contributed by atoms with Crippen LogP contribution in [-0.4, -0.2) is 43.5 Å². The fourth-order valence-electron chi connectivity index (χ4n) is 1.75. The van der Waals surface area contributed by atoms with E-state index in [2.05, 4.69) is 5.32 Å². The van der Waals surface area contributed by atoms with Gasteiger partial charge in [0.1, 0.15) is 0 Å². The van der Waals surface area contributed by atoms with Crippen LogP contribution in [0.25, 0.3) is 0 Å². The highest BCUT2D eigenvalue weighted by Crippen LogP contribution is 2.17. The molecule has 2 N–H and O–H groups in total. The molecule has 0 aromatic rings. The van der Waals surface area contributed by atoms with E-state index in [0.29, 0.717) is 18.9 Å². The average molecular weight is 243 g/mol. The fourth-order valence-corrected chi connectivity index (χ4v) is 1.75. The largest absolute Gasteiger partial charge is 0.478 e. The number of carboxylic acids is 1. The zero-order valence-electron chi connectivity index (χ0n) is 9.72. The highest BCUT2D eigenvalue weighted by molar-refractivity contribution is 5.90. The van der Waals surface area contributed by atoms with Crippen molar-refractivity contribution in [3.63, 3.8) is 0 Å². The van der Waals surface area contributed by atoms with Crippen molar-refractivity contribution in [3.05, 3.63) is 12.2 Å². The lowest BCUT2D eigenvalue weighted by molar-refractivity contribution is -0.147. The van der Waals surface area contributed by atoms with Crippen LogP contribution in [-0.2, 0) is 19.1 Å². The molecule has 6 heteroatoms. The number of piperidine rings is 1. The first-order valence-electron chi connectivity index (χ1n) is 5.45. The molecule has 2 atom stereocenters. The predicted octanol–water partition coefficient (Wildman–Crippen LogP) is 0.142. The third-order valence-electron chi connectivity index (χ3n) is 2.49. The average Bonchev–Trinajstić information content (AvgIpc) is 2.27. The second-order valence-electron chi connectivity index (χ2n) is 3.90. The van der Waals surface area contributed by atoms with Gasteiger partial charge < -0.3 is 14.6 Å². The third-order valence-corrected chi connectivity index (χ3v) is 2.49. The normalized spacial score (nSPS) is 24.8. The molecule has 0 aromatic heterocycles. The van der Waals surface area contributed by atoms with Gasteiger partial charge in [-0.2, -0.15) is 0 Å². The van der Waals surface area contributed by atoms with Gasteiger partial charge in [0.2, 0.25) is 0 Å². The Bertz CT molecular complexity index is 300. The van der Waals surface area contributed by atoms with Gasteiger partial charge in [0.05, 0.1) is 0 Å². The molecule has 1 aliphatic rings. The van der Waals surface area contributed by atoms with Crippen molar-refractivity contribution in [2.75, 3.05) is 20.3 Å². The van der Waals surface area contributed by atoms with Crippen LogP contribution >= 0.6 is 0 Å². The van der Waals surface area contributed by atoms with E-state index in [9.17, 15) is 9.59 Å². The summed E-state index contributed by atoms with van der Waals surface area (Å²) >= 11 is 0. The Hall–Kier alpha value is -1.40. The van der Waals surface area contributed by atoms with Crippen LogP contribution in [0.1, 0.15) is 12.8 Å². The number of carbonyl (C=O) groups excluding carboxylic acids is 1. The minimum Gasteiger partial charge on any atom is -0.478 e. The van der Waals surface area contributed by atoms with E-state index in [1.807, 2.05) is 0 Å². The molecule has 17 heavy (non-hydrogen) atoms. The second-order valence-corrected chi connectivity index (χ2v) is 3.90. The number of hydrogen-bond acceptors (Lipinski definition) is 5. The maximum atomic E-state index is 11.2. The van der Waals surface area contributed by atoms with E-state index in [4.69, 9.17) is 14.6 Å². The second kappa shape index (κ2) is 7.03. The van der Waals surface area contributed by atoms with Gasteiger partial charge >= 0.3 is 11.9 Å². The highest BCUT2D eigenvalue weighted by atomic mass is 16.6. The van der Waals surface area contributed by atoms with Crippen molar-refractivity contribution < 1.29 is 24.2 Å². The number of carboxylic acid groups (broad SMARTS) is 1.